The molecule has 0 spiro atoms. The average Bonchev–Trinajstić information content (AvgIpc) is 2.38. The van der Waals surface area contributed by atoms with Gasteiger partial charge >= 0.3 is 0 Å². The second-order valence-electron chi connectivity index (χ2n) is 5.20. The van der Waals surface area contributed by atoms with E-state index < -0.39 is 0 Å². The van der Waals surface area contributed by atoms with Crippen molar-refractivity contribution in [3.63, 3.8) is 0 Å². The summed E-state index contributed by atoms with van der Waals surface area (Å²) in [6.45, 7) is 0. The van der Waals surface area contributed by atoms with Crippen molar-refractivity contribution >= 4 is 0 Å². The van der Waals surface area contributed by atoms with E-state index in [9.17, 15) is 0 Å². The summed E-state index contributed by atoms with van der Waals surface area (Å²) in [6.07, 6.45) is 3.93. The minimum absolute atomic E-state index is 0.226. The van der Waals surface area contributed by atoms with Crippen LogP contribution >= 0.6 is 0 Å². The summed E-state index contributed by atoms with van der Waals surface area (Å²) < 4.78 is 0. The predicted molar refractivity (Wildman–Crippen MR) is 76.1 cm³/mol. The smallest absolute Gasteiger partial charge is 0.0323 e. The fourth-order valence-electron chi connectivity index (χ4n) is 2.60. The molecule has 0 heterocycles. The van der Waals surface area contributed by atoms with E-state index in [-0.39, 0.29) is 6.04 Å². The first-order chi connectivity index (χ1) is 8.84. The molecule has 2 aromatic rings. The fourth-order valence-corrected chi connectivity index (χ4v) is 2.60. The van der Waals surface area contributed by atoms with Crippen molar-refractivity contribution in [2.75, 3.05) is 0 Å². The molecule has 0 radical (unpaired) electrons. The van der Waals surface area contributed by atoms with Crippen LogP contribution in [0, 0.1) is 5.92 Å². The zero-order chi connectivity index (χ0) is 12.4. The van der Waals surface area contributed by atoms with Gasteiger partial charge < -0.3 is 5.73 Å². The van der Waals surface area contributed by atoms with Crippen LogP contribution in [0.2, 0.25) is 0 Å². The largest absolute Gasteiger partial charge is 0.324 e. The van der Waals surface area contributed by atoms with Crippen LogP contribution in [-0.2, 0) is 0 Å². The Morgan fingerprint density at radius 3 is 2.00 bits per heavy atom. The highest BCUT2D eigenvalue weighted by atomic mass is 14.7. The van der Waals surface area contributed by atoms with Crippen molar-refractivity contribution in [3.8, 4) is 11.1 Å². The number of hydrogen-bond donors (Lipinski definition) is 1. The van der Waals surface area contributed by atoms with E-state index in [4.69, 9.17) is 5.73 Å². The van der Waals surface area contributed by atoms with Gasteiger partial charge in [0, 0.05) is 6.04 Å². The van der Waals surface area contributed by atoms with E-state index in [1.807, 2.05) is 6.07 Å². The van der Waals surface area contributed by atoms with Gasteiger partial charge in [0.05, 0.1) is 0 Å². The lowest BCUT2D eigenvalue weighted by Crippen LogP contribution is -2.26. The molecule has 92 valence electrons. The minimum atomic E-state index is 0.226. The number of benzene rings is 2. The molecule has 0 amide bonds. The van der Waals surface area contributed by atoms with E-state index in [0.29, 0.717) is 5.92 Å². The molecule has 0 unspecified atom stereocenters. The summed E-state index contributed by atoms with van der Waals surface area (Å²) in [5.41, 5.74) is 10.1. The first-order valence-corrected chi connectivity index (χ1v) is 6.75. The van der Waals surface area contributed by atoms with Gasteiger partial charge in [-0.1, -0.05) is 61.0 Å². The van der Waals surface area contributed by atoms with Gasteiger partial charge in [0.2, 0.25) is 0 Å². The molecule has 0 aromatic heterocycles. The zero-order valence-corrected chi connectivity index (χ0v) is 10.5. The molecule has 1 saturated carbocycles. The second-order valence-corrected chi connectivity index (χ2v) is 5.20. The molecule has 1 aliphatic rings. The van der Waals surface area contributed by atoms with Crippen molar-refractivity contribution in [1.82, 2.24) is 0 Å². The second kappa shape index (κ2) is 4.95. The lowest BCUT2D eigenvalue weighted by molar-refractivity contribution is 0.264. The third kappa shape index (κ3) is 2.19. The minimum Gasteiger partial charge on any atom is -0.324 e. The van der Waals surface area contributed by atoms with Gasteiger partial charge in [-0.05, 0) is 35.4 Å². The number of nitrogens with two attached hydrogens (primary N) is 1. The first kappa shape index (κ1) is 11.5. The maximum atomic E-state index is 6.29. The highest BCUT2D eigenvalue weighted by molar-refractivity contribution is 5.63. The standard InChI is InChI=1S/C17H19N/c18-17(15-7-4-8-15)16-11-9-14(10-12-16)13-5-2-1-3-6-13/h1-3,5-6,9-12,15,17H,4,7-8,18H2/t17-/m0/s1. The molecule has 2 N–H and O–H groups in total. The molecule has 0 saturated heterocycles. The van der Waals surface area contributed by atoms with Gasteiger partial charge in [-0.2, -0.15) is 0 Å². The van der Waals surface area contributed by atoms with Gasteiger partial charge in [0.15, 0.2) is 0 Å². The van der Waals surface area contributed by atoms with Crippen LogP contribution < -0.4 is 5.73 Å². The normalized spacial score (nSPS) is 17.2. The molecule has 1 atom stereocenters. The molecule has 1 aliphatic carbocycles. The third-order valence-corrected chi connectivity index (χ3v) is 4.06. The van der Waals surface area contributed by atoms with E-state index in [1.54, 1.807) is 0 Å². The van der Waals surface area contributed by atoms with Gasteiger partial charge in [-0.3, -0.25) is 0 Å². The SMILES string of the molecule is N[C@H](c1ccc(-c2ccccc2)cc1)C1CCC1. The Kier molecular flexibility index (Phi) is 3.16. The van der Waals surface area contributed by atoms with Crippen molar-refractivity contribution in [2.24, 2.45) is 11.7 Å². The van der Waals surface area contributed by atoms with Crippen molar-refractivity contribution in [2.45, 2.75) is 25.3 Å². The Balaban J connectivity index is 1.80. The monoisotopic (exact) mass is 237 g/mol. The Bertz CT molecular complexity index is 497. The van der Waals surface area contributed by atoms with Crippen LogP contribution in [0.15, 0.2) is 54.6 Å². The van der Waals surface area contributed by atoms with Crippen LogP contribution in [0.25, 0.3) is 11.1 Å². The third-order valence-electron chi connectivity index (χ3n) is 4.06. The van der Waals surface area contributed by atoms with E-state index in [1.165, 1.54) is 36.0 Å². The maximum absolute atomic E-state index is 6.29. The van der Waals surface area contributed by atoms with Crippen LogP contribution in [0.3, 0.4) is 0 Å². The summed E-state index contributed by atoms with van der Waals surface area (Å²) in [4.78, 5) is 0. The summed E-state index contributed by atoms with van der Waals surface area (Å²) in [5.74, 6) is 0.701. The highest BCUT2D eigenvalue weighted by Crippen LogP contribution is 2.36. The van der Waals surface area contributed by atoms with Crippen LogP contribution in [-0.4, -0.2) is 0 Å². The molecule has 1 heteroatoms. The summed E-state index contributed by atoms with van der Waals surface area (Å²) in [6, 6.07) is 19.4. The van der Waals surface area contributed by atoms with Gasteiger partial charge in [-0.15, -0.1) is 0 Å². The molecule has 1 fully saturated rings. The molecule has 0 bridgehead atoms. The molecule has 18 heavy (non-hydrogen) atoms. The van der Waals surface area contributed by atoms with Crippen LogP contribution in [0.4, 0.5) is 0 Å². The topological polar surface area (TPSA) is 26.0 Å². The van der Waals surface area contributed by atoms with Gasteiger partial charge in [-0.25, -0.2) is 0 Å². The Morgan fingerprint density at radius 2 is 1.44 bits per heavy atom. The van der Waals surface area contributed by atoms with Crippen molar-refractivity contribution < 1.29 is 0 Å². The van der Waals surface area contributed by atoms with E-state index in [0.717, 1.165) is 0 Å². The average molecular weight is 237 g/mol. The van der Waals surface area contributed by atoms with Gasteiger partial charge in [0.25, 0.3) is 0 Å². The van der Waals surface area contributed by atoms with Gasteiger partial charge in [0.1, 0.15) is 0 Å². The van der Waals surface area contributed by atoms with E-state index >= 15 is 0 Å². The van der Waals surface area contributed by atoms with Crippen molar-refractivity contribution in [1.29, 1.82) is 0 Å². The fraction of sp³-hybridized carbons (Fsp3) is 0.294. The maximum Gasteiger partial charge on any atom is 0.0323 e. The molecule has 3 rings (SSSR count). The summed E-state index contributed by atoms with van der Waals surface area (Å²) >= 11 is 0. The Hall–Kier alpha value is -1.60. The Morgan fingerprint density at radius 1 is 0.833 bits per heavy atom. The molecule has 0 aliphatic heterocycles. The number of rotatable bonds is 3. The highest BCUT2D eigenvalue weighted by Gasteiger charge is 2.25. The van der Waals surface area contributed by atoms with E-state index in [2.05, 4.69) is 48.5 Å². The molecule has 2 aromatic carbocycles. The lowest BCUT2D eigenvalue weighted by Gasteiger charge is -2.31. The molecular weight excluding hydrogens is 218 g/mol. The predicted octanol–water partition coefficient (Wildman–Crippen LogP) is 4.15. The van der Waals surface area contributed by atoms with Crippen molar-refractivity contribution in [3.05, 3.63) is 60.2 Å². The Labute approximate surface area is 109 Å². The number of hydrogen-bond acceptors (Lipinski definition) is 1. The summed E-state index contributed by atoms with van der Waals surface area (Å²) in [5, 5.41) is 0. The van der Waals surface area contributed by atoms with Crippen LogP contribution in [0.1, 0.15) is 30.9 Å². The van der Waals surface area contributed by atoms with Crippen LogP contribution in [0.5, 0.6) is 0 Å². The molecular formula is C17H19N. The zero-order valence-electron chi connectivity index (χ0n) is 10.5. The summed E-state index contributed by atoms with van der Waals surface area (Å²) in [7, 11) is 0. The quantitative estimate of drug-likeness (QED) is 0.852. The first-order valence-electron chi connectivity index (χ1n) is 6.75. The lowest BCUT2D eigenvalue weighted by atomic mass is 9.77. The molecule has 1 nitrogen and oxygen atoms in total.